The van der Waals surface area contributed by atoms with Crippen LogP contribution in [0.2, 0.25) is 5.28 Å². The maximum Gasteiger partial charge on any atom is 0.260 e. The largest absolute Gasteiger partial charge is 0.330 e. The molecule has 20 heavy (non-hydrogen) atoms. The average Bonchev–Trinajstić information content (AvgIpc) is 2.73. The van der Waals surface area contributed by atoms with Crippen LogP contribution in [0.3, 0.4) is 0 Å². The van der Waals surface area contributed by atoms with E-state index < -0.39 is 0 Å². The molecule has 0 atom stereocenters. The van der Waals surface area contributed by atoms with Crippen molar-refractivity contribution < 1.29 is 0 Å². The fourth-order valence-corrected chi connectivity index (χ4v) is 2.80. The molecule has 0 radical (unpaired) electrons. The lowest BCUT2D eigenvalue weighted by molar-refractivity contribution is 0.985. The molecule has 0 aliphatic carbocycles. The first-order chi connectivity index (χ1) is 9.66. The standard InChI is InChI=1S/C14H9ClN4O/c1-19-9-5-3-2-4-7(9)10-11-8(6-16-14(15)17-11)13(20)18-12(10)19/h2-6H,1H3,(H,18,20). The Labute approximate surface area is 117 Å². The molecule has 98 valence electrons. The predicted molar refractivity (Wildman–Crippen MR) is 79.2 cm³/mol. The number of halogens is 1. The van der Waals surface area contributed by atoms with Crippen LogP contribution in [0.4, 0.5) is 0 Å². The molecule has 0 amide bonds. The van der Waals surface area contributed by atoms with Crippen LogP contribution in [0, 0.1) is 0 Å². The Morgan fingerprint density at radius 2 is 2.05 bits per heavy atom. The zero-order valence-corrected chi connectivity index (χ0v) is 11.3. The van der Waals surface area contributed by atoms with Crippen molar-refractivity contribution in [2.45, 2.75) is 0 Å². The summed E-state index contributed by atoms with van der Waals surface area (Å²) in [6.45, 7) is 0. The topological polar surface area (TPSA) is 63.6 Å². The third kappa shape index (κ3) is 1.35. The third-order valence-electron chi connectivity index (χ3n) is 3.58. The van der Waals surface area contributed by atoms with Crippen molar-refractivity contribution in [1.29, 1.82) is 0 Å². The second-order valence-electron chi connectivity index (χ2n) is 4.66. The number of benzene rings is 1. The molecule has 0 spiro atoms. The van der Waals surface area contributed by atoms with E-state index >= 15 is 0 Å². The first-order valence-electron chi connectivity index (χ1n) is 6.08. The van der Waals surface area contributed by atoms with Crippen molar-refractivity contribution in [2.75, 3.05) is 0 Å². The summed E-state index contributed by atoms with van der Waals surface area (Å²) in [4.78, 5) is 23.2. The van der Waals surface area contributed by atoms with Gasteiger partial charge in [0.05, 0.1) is 21.8 Å². The number of pyridine rings is 1. The van der Waals surface area contributed by atoms with Gasteiger partial charge in [0.1, 0.15) is 5.65 Å². The zero-order chi connectivity index (χ0) is 13.9. The van der Waals surface area contributed by atoms with Crippen LogP contribution >= 0.6 is 11.6 Å². The number of nitrogens with zero attached hydrogens (tertiary/aromatic N) is 3. The Morgan fingerprint density at radius 1 is 1.25 bits per heavy atom. The molecule has 5 nitrogen and oxygen atoms in total. The highest BCUT2D eigenvalue weighted by Crippen LogP contribution is 2.30. The van der Waals surface area contributed by atoms with Gasteiger partial charge in [-0.25, -0.2) is 9.97 Å². The number of aryl methyl sites for hydroxylation is 1. The number of aromatic amines is 1. The van der Waals surface area contributed by atoms with Gasteiger partial charge in [0.2, 0.25) is 5.28 Å². The lowest BCUT2D eigenvalue weighted by Crippen LogP contribution is -2.09. The molecule has 0 fully saturated rings. The Kier molecular flexibility index (Phi) is 2.17. The van der Waals surface area contributed by atoms with Gasteiger partial charge in [-0.15, -0.1) is 0 Å². The van der Waals surface area contributed by atoms with Crippen LogP contribution in [0.5, 0.6) is 0 Å². The molecule has 0 unspecified atom stereocenters. The molecule has 4 aromatic rings. The van der Waals surface area contributed by atoms with Crippen molar-refractivity contribution in [3.05, 3.63) is 46.1 Å². The minimum Gasteiger partial charge on any atom is -0.330 e. The van der Waals surface area contributed by atoms with E-state index in [-0.39, 0.29) is 10.8 Å². The first kappa shape index (κ1) is 11.4. The number of fused-ring (bicyclic) bond motifs is 5. The number of aromatic nitrogens is 4. The second-order valence-corrected chi connectivity index (χ2v) is 4.99. The number of nitrogens with one attached hydrogen (secondary N) is 1. The van der Waals surface area contributed by atoms with E-state index in [0.717, 1.165) is 21.9 Å². The van der Waals surface area contributed by atoms with Crippen molar-refractivity contribution in [2.24, 2.45) is 7.05 Å². The highest BCUT2D eigenvalue weighted by Gasteiger charge is 2.15. The summed E-state index contributed by atoms with van der Waals surface area (Å²) in [7, 11) is 1.91. The van der Waals surface area contributed by atoms with Gasteiger partial charge in [0.15, 0.2) is 0 Å². The average molecular weight is 285 g/mol. The summed E-state index contributed by atoms with van der Waals surface area (Å²) in [6, 6.07) is 7.93. The van der Waals surface area contributed by atoms with Crippen molar-refractivity contribution in [3.63, 3.8) is 0 Å². The van der Waals surface area contributed by atoms with Crippen LogP contribution in [-0.2, 0) is 7.05 Å². The summed E-state index contributed by atoms with van der Waals surface area (Å²) in [6.07, 6.45) is 1.46. The molecule has 0 saturated carbocycles. The molecular formula is C14H9ClN4O. The van der Waals surface area contributed by atoms with E-state index in [4.69, 9.17) is 11.6 Å². The van der Waals surface area contributed by atoms with Crippen LogP contribution in [0.25, 0.3) is 32.8 Å². The number of H-pyrrole nitrogens is 1. The van der Waals surface area contributed by atoms with Gasteiger partial charge >= 0.3 is 0 Å². The van der Waals surface area contributed by atoms with Gasteiger partial charge in [-0.1, -0.05) is 18.2 Å². The molecule has 0 aliphatic rings. The van der Waals surface area contributed by atoms with E-state index in [1.54, 1.807) is 0 Å². The molecular weight excluding hydrogens is 276 g/mol. The molecule has 0 saturated heterocycles. The van der Waals surface area contributed by atoms with Gasteiger partial charge < -0.3 is 9.55 Å². The summed E-state index contributed by atoms with van der Waals surface area (Å²) < 4.78 is 1.95. The number of hydrogen-bond donors (Lipinski definition) is 1. The van der Waals surface area contributed by atoms with Gasteiger partial charge in [-0.2, -0.15) is 0 Å². The summed E-state index contributed by atoms with van der Waals surface area (Å²) in [5.74, 6) is 0. The quantitative estimate of drug-likeness (QED) is 0.505. The van der Waals surface area contributed by atoms with Crippen LogP contribution in [0.15, 0.2) is 35.3 Å². The molecule has 0 aliphatic heterocycles. The molecule has 6 heteroatoms. The number of rotatable bonds is 0. The lowest BCUT2D eigenvalue weighted by atomic mass is 10.1. The Hall–Kier alpha value is -2.40. The van der Waals surface area contributed by atoms with Gasteiger partial charge in [-0.05, 0) is 17.7 Å². The zero-order valence-electron chi connectivity index (χ0n) is 10.5. The molecule has 0 bridgehead atoms. The van der Waals surface area contributed by atoms with Crippen LogP contribution < -0.4 is 5.56 Å². The number of para-hydroxylation sites is 1. The maximum absolute atomic E-state index is 12.1. The van der Waals surface area contributed by atoms with Crippen molar-refractivity contribution in [1.82, 2.24) is 19.5 Å². The van der Waals surface area contributed by atoms with Gasteiger partial charge in [-0.3, -0.25) is 4.79 Å². The fourth-order valence-electron chi connectivity index (χ4n) is 2.67. The normalized spacial score (nSPS) is 11.7. The van der Waals surface area contributed by atoms with E-state index in [0.29, 0.717) is 10.9 Å². The van der Waals surface area contributed by atoms with E-state index in [9.17, 15) is 4.79 Å². The van der Waals surface area contributed by atoms with E-state index in [1.807, 2.05) is 35.9 Å². The van der Waals surface area contributed by atoms with Gasteiger partial charge in [0, 0.05) is 18.6 Å². The molecule has 1 N–H and O–H groups in total. The third-order valence-corrected chi connectivity index (χ3v) is 3.76. The monoisotopic (exact) mass is 284 g/mol. The SMILES string of the molecule is Cn1c2ccccc2c2c3nc(Cl)ncc3c(=O)[nH]c21. The summed E-state index contributed by atoms with van der Waals surface area (Å²) in [5.41, 5.74) is 2.13. The minimum absolute atomic E-state index is 0.136. The van der Waals surface area contributed by atoms with Crippen molar-refractivity contribution >= 4 is 44.4 Å². The minimum atomic E-state index is -0.213. The van der Waals surface area contributed by atoms with E-state index in [2.05, 4.69) is 15.0 Å². The molecule has 3 aromatic heterocycles. The maximum atomic E-state index is 12.1. The molecule has 3 heterocycles. The Bertz CT molecular complexity index is 1050. The first-order valence-corrected chi connectivity index (χ1v) is 6.46. The predicted octanol–water partition coefficient (Wildman–Crippen LogP) is 2.62. The highest BCUT2D eigenvalue weighted by molar-refractivity contribution is 6.29. The summed E-state index contributed by atoms with van der Waals surface area (Å²) in [5, 5.41) is 2.50. The van der Waals surface area contributed by atoms with Crippen LogP contribution in [-0.4, -0.2) is 19.5 Å². The fraction of sp³-hybridized carbons (Fsp3) is 0.0714. The molecule has 1 aromatic carbocycles. The van der Waals surface area contributed by atoms with Gasteiger partial charge in [0.25, 0.3) is 5.56 Å². The summed E-state index contributed by atoms with van der Waals surface area (Å²) >= 11 is 5.89. The smallest absolute Gasteiger partial charge is 0.260 e. The Morgan fingerprint density at radius 3 is 2.90 bits per heavy atom. The number of hydrogen-bond acceptors (Lipinski definition) is 3. The van der Waals surface area contributed by atoms with Crippen LogP contribution in [0.1, 0.15) is 0 Å². The lowest BCUT2D eigenvalue weighted by Gasteiger charge is -2.00. The van der Waals surface area contributed by atoms with E-state index in [1.165, 1.54) is 6.20 Å². The highest BCUT2D eigenvalue weighted by atomic mass is 35.5. The Balaban J connectivity index is 2.44. The second kappa shape index (κ2) is 3.80. The molecule has 4 rings (SSSR count). The van der Waals surface area contributed by atoms with Crippen molar-refractivity contribution in [3.8, 4) is 0 Å².